The lowest BCUT2D eigenvalue weighted by molar-refractivity contribution is 0.0796. The molecule has 2 atom stereocenters. The Morgan fingerprint density at radius 3 is 2.82 bits per heavy atom. The van der Waals surface area contributed by atoms with Crippen molar-refractivity contribution >= 4 is 0 Å². The molecule has 0 aliphatic carbocycles. The van der Waals surface area contributed by atoms with Gasteiger partial charge in [0, 0.05) is 5.56 Å². The molecule has 0 amide bonds. The molecule has 11 heavy (non-hydrogen) atoms. The molecular weight excluding hydrogens is 140 g/mol. The maximum atomic E-state index is 9.52. The van der Waals surface area contributed by atoms with E-state index in [4.69, 9.17) is 4.74 Å². The first-order valence-corrected chi connectivity index (χ1v) is 3.72. The summed E-state index contributed by atoms with van der Waals surface area (Å²) in [5, 5.41) is 9.52. The maximum absolute atomic E-state index is 9.52. The summed E-state index contributed by atoms with van der Waals surface area (Å²) in [7, 11) is 0. The Kier molecular flexibility index (Phi) is 1.36. The molecule has 1 aliphatic rings. The molecule has 2 heteroatoms. The monoisotopic (exact) mass is 150 g/mol. The first kappa shape index (κ1) is 6.68. The molecule has 2 rings (SSSR count). The summed E-state index contributed by atoms with van der Waals surface area (Å²) in [5.74, 6) is 0.813. The van der Waals surface area contributed by atoms with Crippen molar-refractivity contribution < 1.29 is 9.84 Å². The molecule has 1 aliphatic heterocycles. The van der Waals surface area contributed by atoms with Crippen LogP contribution in [-0.4, -0.2) is 11.2 Å². The Morgan fingerprint density at radius 2 is 2.09 bits per heavy atom. The van der Waals surface area contributed by atoms with Gasteiger partial charge in [-0.2, -0.15) is 0 Å². The predicted octanol–water partition coefficient (Wildman–Crippen LogP) is 1.50. The van der Waals surface area contributed by atoms with Crippen LogP contribution in [0.1, 0.15) is 18.6 Å². The molecule has 0 saturated heterocycles. The van der Waals surface area contributed by atoms with E-state index in [0.717, 1.165) is 11.3 Å². The van der Waals surface area contributed by atoms with Crippen LogP contribution in [0.15, 0.2) is 24.3 Å². The smallest absolute Gasteiger partial charge is 0.126 e. The van der Waals surface area contributed by atoms with Crippen molar-refractivity contribution in [3.63, 3.8) is 0 Å². The van der Waals surface area contributed by atoms with E-state index in [9.17, 15) is 5.11 Å². The molecule has 0 saturated carbocycles. The number of ether oxygens (including phenoxy) is 1. The fourth-order valence-electron chi connectivity index (χ4n) is 1.35. The van der Waals surface area contributed by atoms with Crippen LogP contribution in [0, 0.1) is 0 Å². The normalized spacial score (nSPS) is 27.8. The number of rotatable bonds is 0. The highest BCUT2D eigenvalue weighted by Crippen LogP contribution is 2.35. The third-order valence-corrected chi connectivity index (χ3v) is 2.00. The highest BCUT2D eigenvalue weighted by atomic mass is 16.5. The Balaban J connectivity index is 2.47. The van der Waals surface area contributed by atoms with Crippen molar-refractivity contribution in [3.05, 3.63) is 29.8 Å². The van der Waals surface area contributed by atoms with Crippen LogP contribution in [0.5, 0.6) is 5.75 Å². The van der Waals surface area contributed by atoms with Crippen molar-refractivity contribution in [2.45, 2.75) is 19.1 Å². The van der Waals surface area contributed by atoms with Crippen molar-refractivity contribution in [1.29, 1.82) is 0 Å². The molecule has 0 spiro atoms. The summed E-state index contributed by atoms with van der Waals surface area (Å²) in [5.41, 5.74) is 0.903. The second kappa shape index (κ2) is 2.24. The summed E-state index contributed by atoms with van der Waals surface area (Å²) < 4.78 is 5.37. The van der Waals surface area contributed by atoms with Gasteiger partial charge in [-0.15, -0.1) is 0 Å². The van der Waals surface area contributed by atoms with E-state index in [-0.39, 0.29) is 6.10 Å². The number of hydrogen-bond donors (Lipinski definition) is 1. The summed E-state index contributed by atoms with van der Waals surface area (Å²) in [6.07, 6.45) is -0.557. The van der Waals surface area contributed by atoms with Crippen LogP contribution in [0.25, 0.3) is 0 Å². The number of para-hydroxylation sites is 1. The average Bonchev–Trinajstić information content (AvgIpc) is 2.30. The van der Waals surface area contributed by atoms with E-state index in [1.807, 2.05) is 31.2 Å². The Hall–Kier alpha value is -1.02. The lowest BCUT2D eigenvalue weighted by atomic mass is 10.1. The Labute approximate surface area is 65.4 Å². The molecule has 58 valence electrons. The number of hydrogen-bond acceptors (Lipinski definition) is 2. The number of benzene rings is 1. The quantitative estimate of drug-likeness (QED) is 0.607. The van der Waals surface area contributed by atoms with Crippen LogP contribution < -0.4 is 4.74 Å². The van der Waals surface area contributed by atoms with E-state index < -0.39 is 6.10 Å². The van der Waals surface area contributed by atoms with Crippen LogP contribution in [0.3, 0.4) is 0 Å². The SMILES string of the molecule is C[C@H]1Oc2ccccc2[C@H]1O. The highest BCUT2D eigenvalue weighted by molar-refractivity contribution is 5.39. The zero-order valence-corrected chi connectivity index (χ0v) is 6.32. The van der Waals surface area contributed by atoms with E-state index in [1.54, 1.807) is 0 Å². The van der Waals surface area contributed by atoms with Crippen molar-refractivity contribution in [3.8, 4) is 5.75 Å². The van der Waals surface area contributed by atoms with Crippen LogP contribution in [0.2, 0.25) is 0 Å². The van der Waals surface area contributed by atoms with Gasteiger partial charge in [0.05, 0.1) is 0 Å². The zero-order valence-electron chi connectivity index (χ0n) is 6.32. The summed E-state index contributed by atoms with van der Waals surface area (Å²) in [6, 6.07) is 7.58. The third-order valence-electron chi connectivity index (χ3n) is 2.00. The number of aliphatic hydroxyl groups excluding tert-OH is 1. The summed E-state index contributed by atoms with van der Waals surface area (Å²) >= 11 is 0. The van der Waals surface area contributed by atoms with Gasteiger partial charge in [0.15, 0.2) is 0 Å². The first-order chi connectivity index (χ1) is 5.29. The molecule has 0 unspecified atom stereocenters. The highest BCUT2D eigenvalue weighted by Gasteiger charge is 2.28. The van der Waals surface area contributed by atoms with Crippen molar-refractivity contribution in [2.24, 2.45) is 0 Å². The molecule has 2 nitrogen and oxygen atoms in total. The second-order valence-electron chi connectivity index (χ2n) is 2.81. The Bertz CT molecular complexity index is 270. The lowest BCUT2D eigenvalue weighted by Crippen LogP contribution is -2.12. The molecule has 0 aromatic heterocycles. The minimum absolute atomic E-state index is 0.104. The van der Waals surface area contributed by atoms with Crippen molar-refractivity contribution in [2.75, 3.05) is 0 Å². The van der Waals surface area contributed by atoms with Gasteiger partial charge in [0.25, 0.3) is 0 Å². The van der Waals surface area contributed by atoms with Crippen LogP contribution >= 0.6 is 0 Å². The van der Waals surface area contributed by atoms with Gasteiger partial charge in [0.2, 0.25) is 0 Å². The lowest BCUT2D eigenvalue weighted by Gasteiger charge is -2.06. The topological polar surface area (TPSA) is 29.5 Å². The van der Waals surface area contributed by atoms with E-state index in [2.05, 4.69) is 0 Å². The summed E-state index contributed by atoms with van der Waals surface area (Å²) in [4.78, 5) is 0. The molecular formula is C9H10O2. The van der Waals surface area contributed by atoms with Gasteiger partial charge in [-0.1, -0.05) is 18.2 Å². The van der Waals surface area contributed by atoms with Crippen molar-refractivity contribution in [1.82, 2.24) is 0 Å². The molecule has 1 heterocycles. The van der Waals surface area contributed by atoms with Gasteiger partial charge >= 0.3 is 0 Å². The molecule has 0 fully saturated rings. The fraction of sp³-hybridized carbons (Fsp3) is 0.333. The largest absolute Gasteiger partial charge is 0.487 e. The standard InChI is InChI=1S/C9H10O2/c1-6-9(10)7-4-2-3-5-8(7)11-6/h2-6,9-10H,1H3/t6-,9+/m1/s1. The maximum Gasteiger partial charge on any atom is 0.126 e. The average molecular weight is 150 g/mol. The van der Waals surface area contributed by atoms with E-state index in [1.165, 1.54) is 0 Å². The van der Waals surface area contributed by atoms with E-state index in [0.29, 0.717) is 0 Å². The fourth-order valence-corrected chi connectivity index (χ4v) is 1.35. The zero-order chi connectivity index (χ0) is 7.84. The molecule has 0 bridgehead atoms. The van der Waals surface area contributed by atoms with Crippen LogP contribution in [-0.2, 0) is 0 Å². The Morgan fingerprint density at radius 1 is 1.36 bits per heavy atom. The predicted molar refractivity (Wildman–Crippen MR) is 41.5 cm³/mol. The van der Waals surface area contributed by atoms with Crippen LogP contribution in [0.4, 0.5) is 0 Å². The van der Waals surface area contributed by atoms with Gasteiger partial charge in [-0.05, 0) is 13.0 Å². The van der Waals surface area contributed by atoms with Gasteiger partial charge < -0.3 is 9.84 Å². The minimum atomic E-state index is -0.453. The van der Waals surface area contributed by atoms with Gasteiger partial charge in [-0.3, -0.25) is 0 Å². The summed E-state index contributed by atoms with van der Waals surface area (Å²) in [6.45, 7) is 1.87. The minimum Gasteiger partial charge on any atom is -0.487 e. The van der Waals surface area contributed by atoms with E-state index >= 15 is 0 Å². The molecule has 0 radical (unpaired) electrons. The number of fused-ring (bicyclic) bond motifs is 1. The second-order valence-corrected chi connectivity index (χ2v) is 2.81. The third kappa shape index (κ3) is 0.906. The molecule has 1 N–H and O–H groups in total. The number of aliphatic hydroxyl groups is 1. The first-order valence-electron chi connectivity index (χ1n) is 3.72. The molecule has 1 aromatic rings. The van der Waals surface area contributed by atoms with Gasteiger partial charge in [0.1, 0.15) is 18.0 Å². The molecule has 1 aromatic carbocycles. The van der Waals surface area contributed by atoms with Gasteiger partial charge in [-0.25, -0.2) is 0 Å².